The molecule has 0 radical (unpaired) electrons. The molecule has 0 spiro atoms. The maximum atomic E-state index is 12.3. The Balaban J connectivity index is 1.69. The molecule has 1 saturated carbocycles. The van der Waals surface area contributed by atoms with Crippen LogP contribution in [0.4, 0.5) is 0 Å². The highest BCUT2D eigenvalue weighted by Crippen LogP contribution is 2.25. The Morgan fingerprint density at radius 3 is 2.82 bits per heavy atom. The van der Waals surface area contributed by atoms with Crippen molar-refractivity contribution in [2.24, 2.45) is 4.99 Å². The Bertz CT molecular complexity index is 801. The summed E-state index contributed by atoms with van der Waals surface area (Å²) in [5, 5.41) is 3.30. The van der Waals surface area contributed by atoms with E-state index in [1.165, 1.54) is 12.8 Å². The van der Waals surface area contributed by atoms with Crippen molar-refractivity contribution >= 4 is 15.8 Å². The lowest BCUT2D eigenvalue weighted by Crippen LogP contribution is -2.57. The Morgan fingerprint density at radius 1 is 1.39 bits per heavy atom. The van der Waals surface area contributed by atoms with Gasteiger partial charge in [0, 0.05) is 31.9 Å². The minimum absolute atomic E-state index is 0.152. The second kappa shape index (κ2) is 8.68. The Kier molecular flexibility index (Phi) is 6.47. The molecule has 8 heteroatoms. The fraction of sp³-hybridized carbons (Fsp3) is 0.700. The van der Waals surface area contributed by atoms with Gasteiger partial charge in [-0.3, -0.25) is 0 Å². The molecule has 0 aromatic carbocycles. The van der Waals surface area contributed by atoms with Crippen molar-refractivity contribution in [1.29, 1.82) is 0 Å². The molecule has 1 aromatic rings. The molecule has 1 saturated heterocycles. The first kappa shape index (κ1) is 20.9. The molecule has 0 unspecified atom stereocenters. The SMILES string of the molecule is CCNC(=NCc1ccnc(OC2CCCC2)c1)N1CCS(=O)(=O)C(C)(C)C1. The second-order valence-electron chi connectivity index (χ2n) is 8.20. The summed E-state index contributed by atoms with van der Waals surface area (Å²) in [4.78, 5) is 11.1. The maximum Gasteiger partial charge on any atom is 0.213 e. The molecule has 0 bridgehead atoms. The fourth-order valence-corrected chi connectivity index (χ4v) is 5.07. The highest BCUT2D eigenvalue weighted by molar-refractivity contribution is 7.92. The van der Waals surface area contributed by atoms with Crippen LogP contribution < -0.4 is 10.1 Å². The summed E-state index contributed by atoms with van der Waals surface area (Å²) < 4.78 is 29.8. The first-order chi connectivity index (χ1) is 13.3. The summed E-state index contributed by atoms with van der Waals surface area (Å²) in [6.45, 7) is 7.71. The minimum atomic E-state index is -3.08. The van der Waals surface area contributed by atoms with Crippen molar-refractivity contribution in [3.05, 3.63) is 23.9 Å². The van der Waals surface area contributed by atoms with E-state index in [1.807, 2.05) is 24.0 Å². The largest absolute Gasteiger partial charge is 0.474 e. The van der Waals surface area contributed by atoms with E-state index in [-0.39, 0.29) is 11.9 Å². The zero-order valence-corrected chi connectivity index (χ0v) is 18.0. The molecule has 1 aliphatic heterocycles. The van der Waals surface area contributed by atoms with Crippen LogP contribution >= 0.6 is 0 Å². The Hall–Kier alpha value is -1.83. The van der Waals surface area contributed by atoms with Crippen molar-refractivity contribution < 1.29 is 13.2 Å². The standard InChI is InChI=1S/C20H32N4O3S/c1-4-21-19(24-11-12-28(25,26)20(2,3)15-24)23-14-16-9-10-22-18(13-16)27-17-7-5-6-8-17/h9-10,13,17H,4-8,11-12,14-15H2,1-3H3,(H,21,23). The third kappa shape index (κ3) is 4.96. The monoisotopic (exact) mass is 408 g/mol. The Labute approximate surface area is 168 Å². The van der Waals surface area contributed by atoms with Crippen molar-refractivity contribution in [3.63, 3.8) is 0 Å². The molecule has 0 atom stereocenters. The number of hydrogen-bond acceptors (Lipinski definition) is 5. The molecule has 28 heavy (non-hydrogen) atoms. The van der Waals surface area contributed by atoms with Crippen molar-refractivity contribution in [2.45, 2.75) is 63.9 Å². The number of pyridine rings is 1. The lowest BCUT2D eigenvalue weighted by molar-refractivity contribution is 0.201. The number of rotatable bonds is 5. The van der Waals surface area contributed by atoms with Crippen LogP contribution in [0.15, 0.2) is 23.3 Å². The Morgan fingerprint density at radius 2 is 2.14 bits per heavy atom. The zero-order valence-electron chi connectivity index (χ0n) is 17.1. The van der Waals surface area contributed by atoms with Gasteiger partial charge in [-0.1, -0.05) is 0 Å². The van der Waals surface area contributed by atoms with Gasteiger partial charge in [-0.05, 0) is 58.1 Å². The average molecular weight is 409 g/mol. The second-order valence-corrected chi connectivity index (χ2v) is 10.9. The van der Waals surface area contributed by atoms with Crippen molar-refractivity contribution in [3.8, 4) is 5.88 Å². The molecule has 1 aromatic heterocycles. The van der Waals surface area contributed by atoms with E-state index in [0.717, 1.165) is 30.9 Å². The number of aliphatic imine (C=N–C) groups is 1. The predicted octanol–water partition coefficient (Wildman–Crippen LogP) is 2.38. The molecule has 1 N–H and O–H groups in total. The third-order valence-corrected chi connectivity index (χ3v) is 8.01. The summed E-state index contributed by atoms with van der Waals surface area (Å²) >= 11 is 0. The van der Waals surface area contributed by atoms with E-state index in [4.69, 9.17) is 9.73 Å². The van der Waals surface area contributed by atoms with Gasteiger partial charge in [0.2, 0.25) is 5.88 Å². The molecular formula is C20H32N4O3S. The van der Waals surface area contributed by atoms with Gasteiger partial charge < -0.3 is 15.0 Å². The number of hydrogen-bond donors (Lipinski definition) is 1. The van der Waals surface area contributed by atoms with Crippen LogP contribution in [0.1, 0.15) is 52.0 Å². The molecular weight excluding hydrogens is 376 g/mol. The van der Waals surface area contributed by atoms with Crippen LogP contribution in [-0.2, 0) is 16.4 Å². The maximum absolute atomic E-state index is 12.3. The number of sulfone groups is 1. The number of aromatic nitrogens is 1. The molecule has 0 amide bonds. The number of ether oxygens (including phenoxy) is 1. The molecule has 2 fully saturated rings. The van der Waals surface area contributed by atoms with Crippen molar-refractivity contribution in [1.82, 2.24) is 15.2 Å². The highest BCUT2D eigenvalue weighted by Gasteiger charge is 2.40. The minimum Gasteiger partial charge on any atom is -0.474 e. The third-order valence-electron chi connectivity index (χ3n) is 5.48. The first-order valence-corrected chi connectivity index (χ1v) is 11.8. The van der Waals surface area contributed by atoms with Crippen LogP contribution in [0.2, 0.25) is 0 Å². The van der Waals surface area contributed by atoms with Gasteiger partial charge in [-0.2, -0.15) is 0 Å². The molecule has 7 nitrogen and oxygen atoms in total. The van der Waals surface area contributed by atoms with Gasteiger partial charge in [0.25, 0.3) is 0 Å². The van der Waals surface area contributed by atoms with Crippen LogP contribution in [0.3, 0.4) is 0 Å². The lowest BCUT2D eigenvalue weighted by Gasteiger charge is -2.39. The normalized spacial score (nSPS) is 22.2. The summed E-state index contributed by atoms with van der Waals surface area (Å²) in [5.74, 6) is 1.56. The topological polar surface area (TPSA) is 83.9 Å². The van der Waals surface area contributed by atoms with Crippen LogP contribution in [0.5, 0.6) is 5.88 Å². The quantitative estimate of drug-likeness (QED) is 0.595. The molecule has 156 valence electrons. The van der Waals surface area contributed by atoms with Crippen LogP contribution in [0, 0.1) is 0 Å². The van der Waals surface area contributed by atoms with E-state index < -0.39 is 14.6 Å². The summed E-state index contributed by atoms with van der Waals surface area (Å²) in [6.07, 6.45) is 6.69. The number of guanidine groups is 1. The van der Waals surface area contributed by atoms with Gasteiger partial charge in [0.05, 0.1) is 17.0 Å². The van der Waals surface area contributed by atoms with Crippen molar-refractivity contribution in [2.75, 3.05) is 25.4 Å². The van der Waals surface area contributed by atoms with Gasteiger partial charge in [-0.15, -0.1) is 0 Å². The fourth-order valence-electron chi connectivity index (χ4n) is 3.71. The molecule has 2 heterocycles. The van der Waals surface area contributed by atoms with E-state index in [9.17, 15) is 8.42 Å². The smallest absolute Gasteiger partial charge is 0.213 e. The van der Waals surface area contributed by atoms with E-state index in [0.29, 0.717) is 25.5 Å². The summed E-state index contributed by atoms with van der Waals surface area (Å²) in [7, 11) is -3.08. The van der Waals surface area contributed by atoms with Gasteiger partial charge in [0.15, 0.2) is 15.8 Å². The van der Waals surface area contributed by atoms with Gasteiger partial charge in [-0.25, -0.2) is 18.4 Å². The zero-order chi connectivity index (χ0) is 20.2. The first-order valence-electron chi connectivity index (χ1n) is 10.2. The van der Waals surface area contributed by atoms with Crippen LogP contribution in [0.25, 0.3) is 0 Å². The lowest BCUT2D eigenvalue weighted by atomic mass is 10.2. The van der Waals surface area contributed by atoms with E-state index in [1.54, 1.807) is 20.0 Å². The summed E-state index contributed by atoms with van der Waals surface area (Å²) in [6, 6.07) is 3.90. The van der Waals surface area contributed by atoms with Crippen LogP contribution in [-0.4, -0.2) is 60.5 Å². The van der Waals surface area contributed by atoms with E-state index in [2.05, 4.69) is 10.3 Å². The molecule has 2 aliphatic rings. The molecule has 3 rings (SSSR count). The number of nitrogens with zero attached hydrogens (tertiary/aromatic N) is 3. The molecule has 1 aliphatic carbocycles. The summed E-state index contributed by atoms with van der Waals surface area (Å²) in [5.41, 5.74) is 1.03. The van der Waals surface area contributed by atoms with Gasteiger partial charge in [0.1, 0.15) is 6.10 Å². The van der Waals surface area contributed by atoms with Gasteiger partial charge >= 0.3 is 0 Å². The highest BCUT2D eigenvalue weighted by atomic mass is 32.2. The predicted molar refractivity (Wildman–Crippen MR) is 111 cm³/mol. The average Bonchev–Trinajstić information content (AvgIpc) is 3.14. The van der Waals surface area contributed by atoms with E-state index >= 15 is 0 Å². The number of nitrogens with one attached hydrogen (secondary N) is 1.